The molecule has 0 radical (unpaired) electrons. The molecule has 2 aliphatic heterocycles. The summed E-state index contributed by atoms with van der Waals surface area (Å²) in [6, 6.07) is 0. The minimum absolute atomic E-state index is 0.0465. The Morgan fingerprint density at radius 2 is 2.22 bits per heavy atom. The van der Waals surface area contributed by atoms with Crippen LogP contribution >= 0.6 is 0 Å². The third-order valence-electron chi connectivity index (χ3n) is 5.43. The van der Waals surface area contributed by atoms with E-state index in [-0.39, 0.29) is 35.3 Å². The topological polar surface area (TPSA) is 52.6 Å². The van der Waals surface area contributed by atoms with Crippen LogP contribution in [0.5, 0.6) is 0 Å². The van der Waals surface area contributed by atoms with E-state index < -0.39 is 0 Å². The highest BCUT2D eigenvalue weighted by Crippen LogP contribution is 2.61. The molecule has 2 bridgehead atoms. The Kier molecular flexibility index (Phi) is 1.86. The molecule has 4 aliphatic rings. The summed E-state index contributed by atoms with van der Waals surface area (Å²) in [6.07, 6.45) is 4.28. The molecule has 4 heteroatoms. The summed E-state index contributed by atoms with van der Waals surface area (Å²) in [5, 5.41) is 0. The summed E-state index contributed by atoms with van der Waals surface area (Å²) < 4.78 is 10.6. The van der Waals surface area contributed by atoms with Crippen molar-refractivity contribution >= 4 is 11.9 Å². The lowest BCUT2D eigenvalue weighted by molar-refractivity contribution is -0.174. The largest absolute Gasteiger partial charge is 0.465 e. The number of rotatable bonds is 0. The zero-order valence-electron chi connectivity index (χ0n) is 10.3. The molecule has 3 fully saturated rings. The van der Waals surface area contributed by atoms with Crippen LogP contribution < -0.4 is 0 Å². The van der Waals surface area contributed by atoms with Crippen LogP contribution in [0.4, 0.5) is 0 Å². The maximum atomic E-state index is 11.9. The normalized spacial score (nSPS) is 49.1. The van der Waals surface area contributed by atoms with Crippen molar-refractivity contribution < 1.29 is 19.1 Å². The lowest BCUT2D eigenvalue weighted by Crippen LogP contribution is -2.52. The number of hydrogen-bond donors (Lipinski definition) is 0. The molecule has 0 aromatic heterocycles. The molecule has 0 N–H and O–H groups in total. The Hall–Kier alpha value is -1.32. The second-order valence-corrected chi connectivity index (χ2v) is 6.12. The fraction of sp³-hybridized carbons (Fsp3) is 0.714. The first-order valence-electron chi connectivity index (χ1n) is 6.68. The van der Waals surface area contributed by atoms with Gasteiger partial charge in [0.1, 0.15) is 12.0 Å². The molecule has 96 valence electrons. The summed E-state index contributed by atoms with van der Waals surface area (Å²) in [6.45, 7) is 2.68. The van der Waals surface area contributed by atoms with Gasteiger partial charge in [0.2, 0.25) is 0 Å². The second-order valence-electron chi connectivity index (χ2n) is 6.12. The molecule has 0 amide bonds. The van der Waals surface area contributed by atoms with Crippen molar-refractivity contribution in [2.45, 2.75) is 32.3 Å². The Morgan fingerprint density at radius 1 is 1.39 bits per heavy atom. The first-order valence-corrected chi connectivity index (χ1v) is 6.68. The van der Waals surface area contributed by atoms with Crippen LogP contribution in [0.3, 0.4) is 0 Å². The molecule has 2 aliphatic carbocycles. The van der Waals surface area contributed by atoms with Crippen molar-refractivity contribution in [1.82, 2.24) is 0 Å². The molecular weight excluding hydrogens is 232 g/mol. The third kappa shape index (κ3) is 1.07. The fourth-order valence-corrected chi connectivity index (χ4v) is 4.50. The van der Waals surface area contributed by atoms with Crippen molar-refractivity contribution in [2.75, 3.05) is 6.61 Å². The van der Waals surface area contributed by atoms with E-state index >= 15 is 0 Å². The van der Waals surface area contributed by atoms with Gasteiger partial charge in [0.05, 0.1) is 13.0 Å². The van der Waals surface area contributed by atoms with Crippen LogP contribution in [0.15, 0.2) is 11.6 Å². The highest BCUT2D eigenvalue weighted by molar-refractivity contribution is 5.80. The minimum atomic E-state index is -0.260. The fourth-order valence-electron chi connectivity index (χ4n) is 4.50. The molecule has 18 heavy (non-hydrogen) atoms. The van der Waals surface area contributed by atoms with E-state index in [1.54, 1.807) is 0 Å². The number of cyclic esters (lactones) is 1. The Bertz CT molecular complexity index is 480. The summed E-state index contributed by atoms with van der Waals surface area (Å²) in [4.78, 5) is 23.7. The highest BCUT2D eigenvalue weighted by atomic mass is 16.6. The van der Waals surface area contributed by atoms with Crippen LogP contribution in [0.25, 0.3) is 0 Å². The first kappa shape index (κ1) is 10.6. The van der Waals surface area contributed by atoms with Gasteiger partial charge in [0.25, 0.3) is 0 Å². The van der Waals surface area contributed by atoms with E-state index in [2.05, 4.69) is 13.0 Å². The van der Waals surface area contributed by atoms with Gasteiger partial charge in [-0.2, -0.15) is 0 Å². The number of allylic oxidation sites excluding steroid dienone is 1. The van der Waals surface area contributed by atoms with E-state index in [0.29, 0.717) is 18.9 Å². The van der Waals surface area contributed by atoms with Crippen LogP contribution in [0.2, 0.25) is 0 Å². The number of carbonyl (C=O) groups is 2. The predicted octanol–water partition coefficient (Wildman–Crippen LogP) is 1.45. The maximum Gasteiger partial charge on any atom is 0.313 e. The average molecular weight is 248 g/mol. The Balaban J connectivity index is 1.85. The van der Waals surface area contributed by atoms with Crippen molar-refractivity contribution in [3.8, 4) is 0 Å². The van der Waals surface area contributed by atoms with Crippen LogP contribution in [0.1, 0.15) is 26.2 Å². The number of fused-ring (bicyclic) bond motifs is 4. The summed E-state index contributed by atoms with van der Waals surface area (Å²) >= 11 is 0. The van der Waals surface area contributed by atoms with Crippen molar-refractivity contribution in [3.63, 3.8) is 0 Å². The summed E-state index contributed by atoms with van der Waals surface area (Å²) in [5.74, 6) is 0.0329. The van der Waals surface area contributed by atoms with E-state index in [4.69, 9.17) is 9.47 Å². The van der Waals surface area contributed by atoms with Gasteiger partial charge in [-0.25, -0.2) is 0 Å². The molecule has 1 saturated carbocycles. The maximum absolute atomic E-state index is 11.9. The number of ether oxygens (including phenoxy) is 2. The molecule has 2 saturated heterocycles. The number of carbonyl (C=O) groups excluding carboxylic acids is 2. The summed E-state index contributed by atoms with van der Waals surface area (Å²) in [7, 11) is 0. The standard InChI is InChI=1S/C14H16O4/c1-7-2-3-9-8-6-17-13(16)12(8)10-4-14(7,9)5-11(15)18-10/h3,7-8,10,12H,2,4-6H2,1H3/t7-,8?,10?,12?,14?/m0/s1. The van der Waals surface area contributed by atoms with Gasteiger partial charge < -0.3 is 9.47 Å². The van der Waals surface area contributed by atoms with Crippen LogP contribution in [-0.2, 0) is 19.1 Å². The van der Waals surface area contributed by atoms with Crippen molar-refractivity contribution in [3.05, 3.63) is 11.6 Å². The van der Waals surface area contributed by atoms with Gasteiger partial charge in [-0.15, -0.1) is 0 Å². The molecule has 2 heterocycles. The molecule has 4 nitrogen and oxygen atoms in total. The lowest BCUT2D eigenvalue weighted by atomic mass is 9.57. The highest BCUT2D eigenvalue weighted by Gasteiger charge is 2.62. The molecule has 0 aromatic carbocycles. The zero-order valence-corrected chi connectivity index (χ0v) is 10.3. The molecular formula is C14H16O4. The third-order valence-corrected chi connectivity index (χ3v) is 5.43. The molecule has 1 spiro atoms. The predicted molar refractivity (Wildman–Crippen MR) is 61.4 cm³/mol. The average Bonchev–Trinajstić information content (AvgIpc) is 2.82. The number of esters is 2. The van der Waals surface area contributed by atoms with Gasteiger partial charge in [0.15, 0.2) is 0 Å². The SMILES string of the molecule is C[C@H]1CC=C2C3COC(=O)C3C3CC21CC(=O)O3. The Labute approximate surface area is 105 Å². The lowest BCUT2D eigenvalue weighted by Gasteiger charge is -2.50. The second kappa shape index (κ2) is 3.16. The van der Waals surface area contributed by atoms with Crippen LogP contribution in [-0.4, -0.2) is 24.6 Å². The molecule has 4 unspecified atom stereocenters. The summed E-state index contributed by atoms with van der Waals surface area (Å²) in [5.41, 5.74) is 1.26. The van der Waals surface area contributed by atoms with E-state index in [1.807, 2.05) is 0 Å². The van der Waals surface area contributed by atoms with E-state index in [0.717, 1.165) is 12.8 Å². The van der Waals surface area contributed by atoms with Gasteiger partial charge in [-0.1, -0.05) is 18.6 Å². The van der Waals surface area contributed by atoms with Gasteiger partial charge >= 0.3 is 11.9 Å². The molecule has 4 rings (SSSR count). The monoisotopic (exact) mass is 248 g/mol. The Morgan fingerprint density at radius 3 is 3.06 bits per heavy atom. The number of hydrogen-bond acceptors (Lipinski definition) is 4. The van der Waals surface area contributed by atoms with Gasteiger partial charge in [-0.3, -0.25) is 9.59 Å². The molecule has 5 atom stereocenters. The van der Waals surface area contributed by atoms with E-state index in [1.165, 1.54) is 5.57 Å². The quantitative estimate of drug-likeness (QED) is 0.481. The first-order chi connectivity index (χ1) is 8.62. The van der Waals surface area contributed by atoms with Crippen molar-refractivity contribution in [1.29, 1.82) is 0 Å². The smallest absolute Gasteiger partial charge is 0.313 e. The van der Waals surface area contributed by atoms with Crippen LogP contribution in [0, 0.1) is 23.2 Å². The van der Waals surface area contributed by atoms with E-state index in [9.17, 15) is 9.59 Å². The zero-order chi connectivity index (χ0) is 12.5. The van der Waals surface area contributed by atoms with Gasteiger partial charge in [-0.05, 0) is 18.8 Å². The minimum Gasteiger partial charge on any atom is -0.465 e. The van der Waals surface area contributed by atoms with Gasteiger partial charge in [0, 0.05) is 11.3 Å². The van der Waals surface area contributed by atoms with Crippen molar-refractivity contribution in [2.24, 2.45) is 23.2 Å². The molecule has 0 aromatic rings.